The van der Waals surface area contributed by atoms with Crippen LogP contribution in [0, 0.1) is 0 Å². The van der Waals surface area contributed by atoms with E-state index in [1.54, 1.807) is 0 Å². The van der Waals surface area contributed by atoms with Crippen LogP contribution in [0.25, 0.3) is 0 Å². The predicted octanol–water partition coefficient (Wildman–Crippen LogP) is -0.253. The van der Waals surface area contributed by atoms with Gasteiger partial charge in [0.15, 0.2) is 0 Å². The van der Waals surface area contributed by atoms with Gasteiger partial charge in [-0.05, 0) is 0 Å². The van der Waals surface area contributed by atoms with Crippen molar-refractivity contribution in [2.75, 3.05) is 7.11 Å². The Labute approximate surface area is 45.0 Å². The van der Waals surface area contributed by atoms with Crippen molar-refractivity contribution in [3.63, 3.8) is 0 Å². The van der Waals surface area contributed by atoms with Crippen molar-refractivity contribution < 1.29 is 37.2 Å². The quantitative estimate of drug-likeness (QED) is 0.489. The summed E-state index contributed by atoms with van der Waals surface area (Å²) in [6.07, 6.45) is 0. The second-order valence-corrected chi connectivity index (χ2v) is 1.73. The molecule has 6 heteroatoms. The monoisotopic (exact) mass is 283 g/mol. The SMILES string of the molecule is COO.[O]=[Re](=[O])=[O]. The Balaban J connectivity index is 0. The first-order valence-corrected chi connectivity index (χ1v) is 4.38. The van der Waals surface area contributed by atoms with Gasteiger partial charge in [-0.25, -0.2) is 4.89 Å². The molecule has 0 aromatic rings. The van der Waals surface area contributed by atoms with Crippen LogP contribution in [0.5, 0.6) is 0 Å². The van der Waals surface area contributed by atoms with Crippen LogP contribution in [0.15, 0.2) is 0 Å². The standard InChI is InChI=1S/CH4O2.3O.Re/c1-3-2;;;;/h2H,1H3;;;;. The fourth-order valence-corrected chi connectivity index (χ4v) is 0. The van der Waals surface area contributed by atoms with E-state index in [1.807, 2.05) is 0 Å². The summed E-state index contributed by atoms with van der Waals surface area (Å²) in [6, 6.07) is 0. The summed E-state index contributed by atoms with van der Waals surface area (Å²) in [5.41, 5.74) is 0. The molecule has 0 rings (SSSR count). The molecule has 1 N–H and O–H groups in total. The number of rotatable bonds is 0. The van der Waals surface area contributed by atoms with Crippen LogP contribution in [0.2, 0.25) is 0 Å². The van der Waals surface area contributed by atoms with Gasteiger partial charge in [-0.3, -0.25) is 5.26 Å². The molecule has 0 atom stereocenters. The van der Waals surface area contributed by atoms with E-state index in [0.717, 1.165) is 0 Å². The summed E-state index contributed by atoms with van der Waals surface area (Å²) >= 11 is -4.21. The third-order valence-corrected chi connectivity index (χ3v) is 0. The average molecular weight is 282 g/mol. The van der Waals surface area contributed by atoms with Crippen LogP contribution in [0.1, 0.15) is 0 Å². The van der Waals surface area contributed by atoms with Gasteiger partial charge in [-0.1, -0.05) is 0 Å². The summed E-state index contributed by atoms with van der Waals surface area (Å²) in [4.78, 5) is 3.25. The summed E-state index contributed by atoms with van der Waals surface area (Å²) in [7, 11) is 1.18. The summed E-state index contributed by atoms with van der Waals surface area (Å²) in [5, 5.41) is 7.07. The minimum absolute atomic E-state index is 1.18. The van der Waals surface area contributed by atoms with Gasteiger partial charge in [0.05, 0.1) is 7.11 Å². The van der Waals surface area contributed by atoms with Gasteiger partial charge < -0.3 is 0 Å². The zero-order chi connectivity index (χ0) is 6.28. The van der Waals surface area contributed by atoms with Gasteiger partial charge >= 0.3 is 27.0 Å². The van der Waals surface area contributed by atoms with E-state index in [9.17, 15) is 0 Å². The molecule has 0 aliphatic heterocycles. The van der Waals surface area contributed by atoms with Crippen molar-refractivity contribution in [1.29, 1.82) is 0 Å². The van der Waals surface area contributed by atoms with Gasteiger partial charge in [-0.2, -0.15) is 0 Å². The molecule has 0 spiro atoms. The fourth-order valence-electron chi connectivity index (χ4n) is 0. The van der Waals surface area contributed by atoms with Crippen molar-refractivity contribution in [3.8, 4) is 0 Å². The number of hydrogen-bond acceptors (Lipinski definition) is 5. The molecule has 0 bridgehead atoms. The Hall–Kier alpha value is -0.0177. The third-order valence-electron chi connectivity index (χ3n) is 0. The Morgan fingerprint density at radius 3 is 1.43 bits per heavy atom. The van der Waals surface area contributed by atoms with Gasteiger partial charge in [0, 0.05) is 0 Å². The van der Waals surface area contributed by atoms with Crippen molar-refractivity contribution in [2.24, 2.45) is 0 Å². The van der Waals surface area contributed by atoms with Crippen LogP contribution in [-0.2, 0) is 31.9 Å². The van der Waals surface area contributed by atoms with Crippen LogP contribution >= 0.6 is 0 Å². The molecule has 0 radical (unpaired) electrons. The molecule has 0 amide bonds. The normalized spacial score (nSPS) is 6.00. The molecule has 0 heterocycles. The molecule has 0 fully saturated rings. The molecule has 0 saturated carbocycles. The molecule has 0 unspecified atom stereocenters. The first-order chi connectivity index (χ1) is 3.15. The molecule has 7 heavy (non-hydrogen) atoms. The maximum atomic E-state index is 8.60. The Morgan fingerprint density at radius 2 is 1.43 bits per heavy atom. The Bertz CT molecular complexity index is 88.3. The summed E-state index contributed by atoms with van der Waals surface area (Å²) < 4.78 is 25.8. The molecule has 45 valence electrons. The van der Waals surface area contributed by atoms with Crippen LogP contribution in [0.4, 0.5) is 0 Å². The maximum absolute atomic E-state index is 8.60. The molecule has 0 aromatic carbocycles. The second-order valence-electron chi connectivity index (χ2n) is 0.372. The second kappa shape index (κ2) is 9.36. The van der Waals surface area contributed by atoms with Gasteiger partial charge in [-0.15, -0.1) is 0 Å². The topological polar surface area (TPSA) is 80.7 Å². The molecule has 0 aliphatic rings. The van der Waals surface area contributed by atoms with Gasteiger partial charge in [0.1, 0.15) is 0 Å². The van der Waals surface area contributed by atoms with Gasteiger partial charge in [0.2, 0.25) is 0 Å². The number of hydrogen-bond donors (Lipinski definition) is 1. The first-order valence-electron chi connectivity index (χ1n) is 1.05. The van der Waals surface area contributed by atoms with E-state index in [2.05, 4.69) is 4.89 Å². The molecule has 5 nitrogen and oxygen atoms in total. The van der Waals surface area contributed by atoms with Crippen LogP contribution in [-0.4, -0.2) is 12.4 Å². The summed E-state index contributed by atoms with van der Waals surface area (Å²) in [6.45, 7) is 0. The Kier molecular flexibility index (Phi) is 13.5. The van der Waals surface area contributed by atoms with Crippen molar-refractivity contribution in [2.45, 2.75) is 0 Å². The minimum atomic E-state index is -4.21. The van der Waals surface area contributed by atoms with E-state index >= 15 is 0 Å². The first kappa shape index (κ1) is 10.1. The summed E-state index contributed by atoms with van der Waals surface area (Å²) in [5.74, 6) is 0. The molecule has 0 aromatic heterocycles. The Morgan fingerprint density at radius 1 is 1.43 bits per heavy atom. The van der Waals surface area contributed by atoms with E-state index in [-0.39, 0.29) is 0 Å². The zero-order valence-corrected chi connectivity index (χ0v) is 6.17. The van der Waals surface area contributed by atoms with E-state index in [4.69, 9.17) is 15.7 Å². The van der Waals surface area contributed by atoms with Crippen molar-refractivity contribution >= 4 is 0 Å². The van der Waals surface area contributed by atoms with E-state index in [1.165, 1.54) is 7.11 Å². The van der Waals surface area contributed by atoms with Crippen LogP contribution in [0.3, 0.4) is 0 Å². The average Bonchev–Trinajstić information content (AvgIpc) is 1.33. The molecular weight excluding hydrogens is 278 g/mol. The van der Waals surface area contributed by atoms with E-state index < -0.39 is 16.6 Å². The van der Waals surface area contributed by atoms with Crippen LogP contribution < -0.4 is 0 Å². The molecule has 0 saturated heterocycles. The molecule has 0 aliphatic carbocycles. The van der Waals surface area contributed by atoms with Gasteiger partial charge in [0.25, 0.3) is 0 Å². The van der Waals surface area contributed by atoms with E-state index in [0.29, 0.717) is 0 Å². The van der Waals surface area contributed by atoms with Crippen molar-refractivity contribution in [3.05, 3.63) is 0 Å². The molecular formula is CH4O5Re. The third kappa shape index (κ3) is 304000. The predicted molar refractivity (Wildman–Crippen MR) is 11.7 cm³/mol. The van der Waals surface area contributed by atoms with Crippen molar-refractivity contribution in [1.82, 2.24) is 0 Å². The fraction of sp³-hybridized carbons (Fsp3) is 1.00. The zero-order valence-electron chi connectivity index (χ0n) is 3.46.